The number of nitrogens with zero attached hydrogens (tertiary/aromatic N) is 3. The van der Waals surface area contributed by atoms with Crippen LogP contribution in [0.5, 0.6) is 0 Å². The summed E-state index contributed by atoms with van der Waals surface area (Å²) >= 11 is 3.37. The highest BCUT2D eigenvalue weighted by Crippen LogP contribution is 2.27. The van der Waals surface area contributed by atoms with Crippen molar-refractivity contribution < 1.29 is 10.2 Å². The molecule has 6 nitrogen and oxygen atoms in total. The van der Waals surface area contributed by atoms with Gasteiger partial charge in [0.2, 0.25) is 5.95 Å². The van der Waals surface area contributed by atoms with E-state index in [-0.39, 0.29) is 0 Å². The van der Waals surface area contributed by atoms with Crippen LogP contribution in [0.25, 0.3) is 0 Å². The summed E-state index contributed by atoms with van der Waals surface area (Å²) in [6.45, 7) is 3.46. The maximum Gasteiger partial charge on any atom is 0.224 e. The molecule has 0 aromatic carbocycles. The van der Waals surface area contributed by atoms with Gasteiger partial charge in [0.25, 0.3) is 0 Å². The molecular formula is C10H15BrN4O2. The predicted octanol–water partition coefficient (Wildman–Crippen LogP) is 0.213. The fourth-order valence-electron chi connectivity index (χ4n) is 1.77. The zero-order valence-corrected chi connectivity index (χ0v) is 11.1. The van der Waals surface area contributed by atoms with Crippen LogP contribution in [0.2, 0.25) is 0 Å². The van der Waals surface area contributed by atoms with Gasteiger partial charge in [0.1, 0.15) is 5.82 Å². The molecule has 1 fully saturated rings. The van der Waals surface area contributed by atoms with E-state index in [9.17, 15) is 10.2 Å². The van der Waals surface area contributed by atoms with Gasteiger partial charge in [0.15, 0.2) is 0 Å². The van der Waals surface area contributed by atoms with Crippen LogP contribution < -0.4 is 10.2 Å². The van der Waals surface area contributed by atoms with Crippen LogP contribution >= 0.6 is 15.9 Å². The zero-order valence-electron chi connectivity index (χ0n) is 9.47. The molecule has 1 saturated heterocycles. The minimum Gasteiger partial charge on any atom is -0.389 e. The number of anilines is 2. The molecule has 17 heavy (non-hydrogen) atoms. The molecule has 2 rings (SSSR count). The molecule has 2 unspecified atom stereocenters. The first-order chi connectivity index (χ1) is 8.11. The average molecular weight is 303 g/mol. The van der Waals surface area contributed by atoms with Gasteiger partial charge in [-0.3, -0.25) is 0 Å². The molecule has 1 aliphatic rings. The molecule has 0 radical (unpaired) electrons. The molecule has 0 spiro atoms. The van der Waals surface area contributed by atoms with E-state index in [2.05, 4.69) is 31.2 Å². The number of β-amino-alcohol motifs (C(OH)–C–C–N with tert-alkyl or cyclic N) is 2. The summed E-state index contributed by atoms with van der Waals surface area (Å²) in [4.78, 5) is 10.3. The molecule has 0 bridgehead atoms. The Bertz CT molecular complexity index is 394. The normalized spacial score (nSPS) is 24.1. The highest BCUT2D eigenvalue weighted by Gasteiger charge is 2.31. The fraction of sp³-hybridized carbons (Fsp3) is 0.600. The molecule has 1 aromatic rings. The summed E-state index contributed by atoms with van der Waals surface area (Å²) in [7, 11) is 0. The lowest BCUT2D eigenvalue weighted by molar-refractivity contribution is 0.0572. The van der Waals surface area contributed by atoms with Crippen molar-refractivity contribution in [2.24, 2.45) is 0 Å². The van der Waals surface area contributed by atoms with Crippen LogP contribution in [0.3, 0.4) is 0 Å². The van der Waals surface area contributed by atoms with Crippen LogP contribution in [-0.2, 0) is 0 Å². The molecule has 0 saturated carbocycles. The molecule has 0 amide bonds. The van der Waals surface area contributed by atoms with E-state index in [0.717, 1.165) is 11.0 Å². The standard InChI is InChI=1S/C10H15BrN4O2/c1-2-12-10-13-3-6(11)9(14-10)15-4-7(16)8(17)5-15/h3,7-8,16-17H,2,4-5H2,1H3,(H,12,13,14). The maximum absolute atomic E-state index is 9.53. The van der Waals surface area contributed by atoms with Crippen LogP contribution in [0, 0.1) is 0 Å². The van der Waals surface area contributed by atoms with Gasteiger partial charge < -0.3 is 20.4 Å². The number of aromatic nitrogens is 2. The van der Waals surface area contributed by atoms with Gasteiger partial charge in [-0.15, -0.1) is 0 Å². The second-order valence-electron chi connectivity index (χ2n) is 3.94. The third kappa shape index (κ3) is 2.67. The maximum atomic E-state index is 9.53. The predicted molar refractivity (Wildman–Crippen MR) is 68.1 cm³/mol. The molecule has 1 aromatic heterocycles. The molecule has 94 valence electrons. The quantitative estimate of drug-likeness (QED) is 0.741. The molecule has 2 atom stereocenters. The van der Waals surface area contributed by atoms with Crippen molar-refractivity contribution in [1.29, 1.82) is 0 Å². The monoisotopic (exact) mass is 302 g/mol. The number of hydrogen-bond acceptors (Lipinski definition) is 6. The Morgan fingerprint density at radius 2 is 2.12 bits per heavy atom. The minimum absolute atomic E-state index is 0.377. The zero-order chi connectivity index (χ0) is 12.4. The summed E-state index contributed by atoms with van der Waals surface area (Å²) in [6, 6.07) is 0. The van der Waals surface area contributed by atoms with Gasteiger partial charge in [-0.25, -0.2) is 4.98 Å². The molecule has 7 heteroatoms. The van der Waals surface area contributed by atoms with Crippen molar-refractivity contribution >= 4 is 27.7 Å². The van der Waals surface area contributed by atoms with Crippen LogP contribution in [0.1, 0.15) is 6.92 Å². The lowest BCUT2D eigenvalue weighted by Gasteiger charge is -2.18. The summed E-state index contributed by atoms with van der Waals surface area (Å²) in [6.07, 6.45) is 0.219. The van der Waals surface area contributed by atoms with Gasteiger partial charge in [0, 0.05) is 25.8 Å². The van der Waals surface area contributed by atoms with E-state index in [4.69, 9.17) is 0 Å². The summed E-state index contributed by atoms with van der Waals surface area (Å²) in [5.74, 6) is 1.23. The lowest BCUT2D eigenvalue weighted by Crippen LogP contribution is -2.23. The first-order valence-electron chi connectivity index (χ1n) is 5.49. The third-order valence-electron chi connectivity index (χ3n) is 2.62. The van der Waals surface area contributed by atoms with Gasteiger partial charge in [-0.05, 0) is 22.9 Å². The number of aliphatic hydroxyl groups excluding tert-OH is 2. The topological polar surface area (TPSA) is 81.5 Å². The van der Waals surface area contributed by atoms with Gasteiger partial charge in [0.05, 0.1) is 16.7 Å². The summed E-state index contributed by atoms with van der Waals surface area (Å²) < 4.78 is 0.750. The van der Waals surface area contributed by atoms with Gasteiger partial charge in [-0.2, -0.15) is 4.98 Å². The SMILES string of the molecule is CCNc1ncc(Br)c(N2CC(O)C(O)C2)n1. The first kappa shape index (κ1) is 12.5. The average Bonchev–Trinajstić information content (AvgIpc) is 2.62. The van der Waals surface area contributed by atoms with Crippen LogP contribution in [-0.4, -0.2) is 52.0 Å². The van der Waals surface area contributed by atoms with Gasteiger partial charge in [-0.1, -0.05) is 0 Å². The first-order valence-corrected chi connectivity index (χ1v) is 6.28. The Labute approximate surface area is 108 Å². The Kier molecular flexibility index (Phi) is 3.80. The van der Waals surface area contributed by atoms with Crippen molar-refractivity contribution in [1.82, 2.24) is 9.97 Å². The van der Waals surface area contributed by atoms with Crippen molar-refractivity contribution in [3.8, 4) is 0 Å². The van der Waals surface area contributed by atoms with E-state index < -0.39 is 12.2 Å². The van der Waals surface area contributed by atoms with E-state index in [1.807, 2.05) is 11.8 Å². The highest BCUT2D eigenvalue weighted by atomic mass is 79.9. The highest BCUT2D eigenvalue weighted by molar-refractivity contribution is 9.10. The molecule has 2 heterocycles. The van der Waals surface area contributed by atoms with Gasteiger partial charge >= 0.3 is 0 Å². The number of nitrogens with one attached hydrogen (secondary N) is 1. The van der Waals surface area contributed by atoms with Crippen molar-refractivity contribution in [2.45, 2.75) is 19.1 Å². The minimum atomic E-state index is -0.723. The van der Waals surface area contributed by atoms with E-state index in [0.29, 0.717) is 24.9 Å². The molecule has 3 N–H and O–H groups in total. The Hall–Kier alpha value is -0.920. The number of hydrogen-bond donors (Lipinski definition) is 3. The van der Waals surface area contributed by atoms with E-state index in [1.165, 1.54) is 0 Å². The Morgan fingerprint density at radius 3 is 2.71 bits per heavy atom. The second-order valence-corrected chi connectivity index (χ2v) is 4.79. The van der Waals surface area contributed by atoms with Crippen molar-refractivity contribution in [2.75, 3.05) is 29.9 Å². The second kappa shape index (κ2) is 5.16. The Balaban J connectivity index is 2.22. The van der Waals surface area contributed by atoms with E-state index in [1.54, 1.807) is 6.20 Å². The number of halogens is 1. The largest absolute Gasteiger partial charge is 0.389 e. The Morgan fingerprint density at radius 1 is 1.47 bits per heavy atom. The fourth-order valence-corrected chi connectivity index (χ4v) is 2.21. The molecular weight excluding hydrogens is 288 g/mol. The number of rotatable bonds is 3. The van der Waals surface area contributed by atoms with Crippen molar-refractivity contribution in [3.63, 3.8) is 0 Å². The number of aliphatic hydroxyl groups is 2. The lowest BCUT2D eigenvalue weighted by atomic mass is 10.3. The molecule has 0 aliphatic carbocycles. The van der Waals surface area contributed by atoms with E-state index >= 15 is 0 Å². The van der Waals surface area contributed by atoms with Crippen molar-refractivity contribution in [3.05, 3.63) is 10.7 Å². The smallest absolute Gasteiger partial charge is 0.224 e. The third-order valence-corrected chi connectivity index (χ3v) is 3.18. The summed E-state index contributed by atoms with van der Waals surface area (Å²) in [5, 5.41) is 22.1. The van der Waals surface area contributed by atoms with Crippen LogP contribution in [0.4, 0.5) is 11.8 Å². The molecule has 1 aliphatic heterocycles. The summed E-state index contributed by atoms with van der Waals surface area (Å²) in [5.41, 5.74) is 0. The van der Waals surface area contributed by atoms with Crippen LogP contribution in [0.15, 0.2) is 10.7 Å².